The van der Waals surface area contributed by atoms with Crippen molar-refractivity contribution in [2.75, 3.05) is 5.75 Å². The molecule has 1 unspecified atom stereocenters. The van der Waals surface area contributed by atoms with Gasteiger partial charge in [0.1, 0.15) is 5.38 Å². The van der Waals surface area contributed by atoms with E-state index in [9.17, 15) is 4.79 Å². The molecule has 1 aromatic carbocycles. The van der Waals surface area contributed by atoms with E-state index in [0.29, 0.717) is 5.75 Å². The molecule has 1 heterocycles. The zero-order chi connectivity index (χ0) is 11.5. The average Bonchev–Trinajstić information content (AvgIpc) is 2.68. The van der Waals surface area contributed by atoms with Gasteiger partial charge in [-0.15, -0.1) is 22.9 Å². The lowest BCUT2D eigenvalue weighted by molar-refractivity contribution is -0.136. The summed E-state index contributed by atoms with van der Waals surface area (Å²) >= 11 is 8.55. The number of aromatic nitrogens is 1. The summed E-state index contributed by atoms with van der Waals surface area (Å²) in [5.41, 5.74) is 0.941. The minimum absolute atomic E-state index is 0.330. The second-order valence-corrected chi connectivity index (χ2v) is 5.89. The fraction of sp³-hybridized carbons (Fsp3) is 0.200. The van der Waals surface area contributed by atoms with Gasteiger partial charge in [-0.25, -0.2) is 4.98 Å². The van der Waals surface area contributed by atoms with E-state index in [-0.39, 0.29) is 0 Å². The van der Waals surface area contributed by atoms with Crippen LogP contribution < -0.4 is 0 Å². The maximum absolute atomic E-state index is 10.5. The minimum atomic E-state index is -0.990. The van der Waals surface area contributed by atoms with E-state index >= 15 is 0 Å². The first-order chi connectivity index (χ1) is 7.66. The number of rotatable bonds is 4. The number of hydrogen-bond acceptors (Lipinski definition) is 4. The smallest absolute Gasteiger partial charge is 0.322 e. The zero-order valence-electron chi connectivity index (χ0n) is 8.09. The summed E-state index contributed by atoms with van der Waals surface area (Å²) in [6.45, 7) is 0. The van der Waals surface area contributed by atoms with E-state index in [4.69, 9.17) is 16.7 Å². The molecule has 0 bridgehead atoms. The molecule has 0 fully saturated rings. The molecule has 16 heavy (non-hydrogen) atoms. The Morgan fingerprint density at radius 3 is 3.00 bits per heavy atom. The van der Waals surface area contributed by atoms with Gasteiger partial charge in [0.05, 0.1) is 10.2 Å². The molecule has 0 radical (unpaired) electrons. The van der Waals surface area contributed by atoms with Gasteiger partial charge < -0.3 is 5.11 Å². The SMILES string of the molecule is O=C(O)C(Cl)CSc1nc2ccccc2s1. The first kappa shape index (κ1) is 11.7. The van der Waals surface area contributed by atoms with Crippen LogP contribution in [0.2, 0.25) is 0 Å². The number of fused-ring (bicyclic) bond motifs is 1. The predicted molar refractivity (Wildman–Crippen MR) is 67.6 cm³/mol. The van der Waals surface area contributed by atoms with Crippen molar-refractivity contribution in [3.8, 4) is 0 Å². The van der Waals surface area contributed by atoms with Crippen molar-refractivity contribution in [2.45, 2.75) is 9.72 Å². The summed E-state index contributed by atoms with van der Waals surface area (Å²) in [5, 5.41) is 7.77. The van der Waals surface area contributed by atoms with E-state index in [1.165, 1.54) is 11.8 Å². The predicted octanol–water partition coefficient (Wildman–Crippen LogP) is 3.08. The highest BCUT2D eigenvalue weighted by atomic mass is 35.5. The number of hydrogen-bond donors (Lipinski definition) is 1. The summed E-state index contributed by atoms with van der Waals surface area (Å²) < 4.78 is 1.96. The molecule has 1 aromatic heterocycles. The van der Waals surface area contributed by atoms with Gasteiger partial charge in [-0.1, -0.05) is 23.9 Å². The van der Waals surface area contributed by atoms with E-state index in [2.05, 4.69) is 4.98 Å². The monoisotopic (exact) mass is 273 g/mol. The van der Waals surface area contributed by atoms with Crippen LogP contribution in [-0.4, -0.2) is 27.2 Å². The number of carboxylic acids is 1. The third kappa shape index (κ3) is 2.66. The molecule has 0 aliphatic rings. The quantitative estimate of drug-likeness (QED) is 0.687. The number of thioether (sulfide) groups is 1. The van der Waals surface area contributed by atoms with Crippen molar-refractivity contribution < 1.29 is 9.90 Å². The molecule has 6 heteroatoms. The van der Waals surface area contributed by atoms with Crippen LogP contribution in [0.3, 0.4) is 0 Å². The number of nitrogens with zero attached hydrogens (tertiary/aromatic N) is 1. The molecule has 0 aliphatic carbocycles. The zero-order valence-corrected chi connectivity index (χ0v) is 10.5. The van der Waals surface area contributed by atoms with Crippen LogP contribution in [0.5, 0.6) is 0 Å². The van der Waals surface area contributed by atoms with Crippen LogP contribution >= 0.6 is 34.7 Å². The Kier molecular flexibility index (Phi) is 3.68. The van der Waals surface area contributed by atoms with Crippen LogP contribution in [0, 0.1) is 0 Å². The van der Waals surface area contributed by atoms with Gasteiger partial charge >= 0.3 is 5.97 Å². The van der Waals surface area contributed by atoms with Gasteiger partial charge in [-0.3, -0.25) is 4.79 Å². The van der Waals surface area contributed by atoms with Gasteiger partial charge in [0, 0.05) is 5.75 Å². The molecule has 0 amide bonds. The van der Waals surface area contributed by atoms with Crippen molar-refractivity contribution >= 4 is 50.9 Å². The number of para-hydroxylation sites is 1. The molecule has 3 nitrogen and oxygen atoms in total. The largest absolute Gasteiger partial charge is 0.480 e. The number of halogens is 1. The first-order valence-corrected chi connectivity index (χ1v) is 6.76. The molecule has 2 aromatic rings. The molecule has 84 valence electrons. The number of thiazole rings is 1. The highest BCUT2D eigenvalue weighted by Gasteiger charge is 2.15. The van der Waals surface area contributed by atoms with Gasteiger partial charge in [-0.2, -0.15) is 0 Å². The minimum Gasteiger partial charge on any atom is -0.480 e. The standard InChI is InChI=1S/C10H8ClNO2S2/c11-6(9(13)14)5-15-10-12-7-3-1-2-4-8(7)16-10/h1-4,6H,5H2,(H,13,14). The fourth-order valence-corrected chi connectivity index (χ4v) is 3.32. The van der Waals surface area contributed by atoms with Crippen LogP contribution in [-0.2, 0) is 4.79 Å². The summed E-state index contributed by atoms with van der Waals surface area (Å²) in [6, 6.07) is 7.81. The van der Waals surface area contributed by atoms with Crippen LogP contribution in [0.1, 0.15) is 0 Å². The van der Waals surface area contributed by atoms with Crippen molar-refractivity contribution in [1.29, 1.82) is 0 Å². The maximum Gasteiger partial charge on any atom is 0.322 e. The number of benzene rings is 1. The van der Waals surface area contributed by atoms with Crippen LogP contribution in [0.4, 0.5) is 0 Å². The number of alkyl halides is 1. The Morgan fingerprint density at radius 2 is 2.31 bits per heavy atom. The number of carboxylic acid groups (broad SMARTS) is 1. The normalized spacial score (nSPS) is 12.8. The molecule has 0 saturated carbocycles. The Morgan fingerprint density at radius 1 is 1.56 bits per heavy atom. The number of carbonyl (C=O) groups is 1. The highest BCUT2D eigenvalue weighted by Crippen LogP contribution is 2.30. The molecule has 2 rings (SSSR count). The van der Waals surface area contributed by atoms with Crippen LogP contribution in [0.25, 0.3) is 10.2 Å². The summed E-state index contributed by atoms with van der Waals surface area (Å²) in [5.74, 6) is -0.660. The second-order valence-electron chi connectivity index (χ2n) is 3.06. The molecule has 1 atom stereocenters. The third-order valence-electron chi connectivity index (χ3n) is 1.90. The third-order valence-corrected chi connectivity index (χ3v) is 4.69. The summed E-state index contributed by atoms with van der Waals surface area (Å²) in [6.07, 6.45) is 0. The Labute approximate surface area is 105 Å². The molecule has 1 N–H and O–H groups in total. The lowest BCUT2D eigenvalue weighted by atomic mass is 10.3. The molecular formula is C10H8ClNO2S2. The van der Waals surface area contributed by atoms with E-state index in [1.807, 2.05) is 24.3 Å². The highest BCUT2D eigenvalue weighted by molar-refractivity contribution is 8.01. The van der Waals surface area contributed by atoms with Gasteiger partial charge in [0.2, 0.25) is 0 Å². The molecule has 0 aliphatic heterocycles. The Balaban J connectivity index is 2.07. The van der Waals surface area contributed by atoms with E-state index in [1.54, 1.807) is 11.3 Å². The average molecular weight is 274 g/mol. The summed E-state index contributed by atoms with van der Waals surface area (Å²) in [4.78, 5) is 14.9. The van der Waals surface area contributed by atoms with E-state index < -0.39 is 11.3 Å². The topological polar surface area (TPSA) is 50.2 Å². The molecule has 0 saturated heterocycles. The van der Waals surface area contributed by atoms with Crippen molar-refractivity contribution in [3.05, 3.63) is 24.3 Å². The van der Waals surface area contributed by atoms with Crippen molar-refractivity contribution in [2.24, 2.45) is 0 Å². The molecule has 0 spiro atoms. The van der Waals surface area contributed by atoms with Gasteiger partial charge in [-0.05, 0) is 12.1 Å². The summed E-state index contributed by atoms with van der Waals surface area (Å²) in [7, 11) is 0. The van der Waals surface area contributed by atoms with Gasteiger partial charge in [0.15, 0.2) is 4.34 Å². The van der Waals surface area contributed by atoms with Gasteiger partial charge in [0.25, 0.3) is 0 Å². The lowest BCUT2D eigenvalue weighted by Gasteiger charge is -2.00. The molecular weight excluding hydrogens is 266 g/mol. The number of aliphatic carboxylic acids is 1. The second kappa shape index (κ2) is 5.03. The van der Waals surface area contributed by atoms with Crippen molar-refractivity contribution in [3.63, 3.8) is 0 Å². The first-order valence-electron chi connectivity index (χ1n) is 4.52. The Hall–Kier alpha value is -0.780. The Bertz CT molecular complexity index is 481. The van der Waals surface area contributed by atoms with E-state index in [0.717, 1.165) is 14.6 Å². The lowest BCUT2D eigenvalue weighted by Crippen LogP contribution is -2.15. The fourth-order valence-electron chi connectivity index (χ4n) is 1.13. The van der Waals surface area contributed by atoms with Crippen molar-refractivity contribution in [1.82, 2.24) is 4.98 Å². The maximum atomic E-state index is 10.5. The van der Waals surface area contributed by atoms with Crippen LogP contribution in [0.15, 0.2) is 28.6 Å².